The first-order valence-corrected chi connectivity index (χ1v) is 6.14. The number of nitrogens with one attached hydrogen (secondary N) is 1. The summed E-state index contributed by atoms with van der Waals surface area (Å²) in [5, 5.41) is 12.4. The lowest BCUT2D eigenvalue weighted by Gasteiger charge is -2.50. The van der Waals surface area contributed by atoms with Crippen molar-refractivity contribution >= 4 is 0 Å². The van der Waals surface area contributed by atoms with E-state index in [1.165, 1.54) is 25.7 Å². The number of hydrogen-bond donors (Lipinski definition) is 3. The number of aliphatic hydroxyl groups excluding tert-OH is 1. The van der Waals surface area contributed by atoms with E-state index in [0.717, 1.165) is 13.0 Å². The molecule has 3 heteroatoms. The van der Waals surface area contributed by atoms with Crippen molar-refractivity contribution in [3.63, 3.8) is 0 Å². The Morgan fingerprint density at radius 1 is 1.27 bits per heavy atom. The first-order chi connectivity index (χ1) is 7.08. The van der Waals surface area contributed by atoms with E-state index in [1.54, 1.807) is 0 Å². The van der Waals surface area contributed by atoms with Gasteiger partial charge in [0.15, 0.2) is 0 Å². The third kappa shape index (κ3) is 2.71. The number of nitrogens with two attached hydrogens (primary N) is 1. The van der Waals surface area contributed by atoms with Crippen LogP contribution in [0.5, 0.6) is 0 Å². The second kappa shape index (κ2) is 5.28. The van der Waals surface area contributed by atoms with E-state index in [-0.39, 0.29) is 17.6 Å². The molecule has 0 aromatic heterocycles. The van der Waals surface area contributed by atoms with Crippen molar-refractivity contribution in [2.75, 3.05) is 19.7 Å². The monoisotopic (exact) mass is 214 g/mol. The molecule has 15 heavy (non-hydrogen) atoms. The summed E-state index contributed by atoms with van der Waals surface area (Å²) >= 11 is 0. The topological polar surface area (TPSA) is 58.3 Å². The van der Waals surface area contributed by atoms with E-state index >= 15 is 0 Å². The first kappa shape index (κ1) is 12.9. The highest BCUT2D eigenvalue weighted by atomic mass is 16.3. The summed E-state index contributed by atoms with van der Waals surface area (Å²) in [6, 6.07) is 0. The first-order valence-electron chi connectivity index (χ1n) is 6.14. The zero-order chi connectivity index (χ0) is 11.4. The van der Waals surface area contributed by atoms with Crippen LogP contribution in [0.2, 0.25) is 0 Å². The third-order valence-corrected chi connectivity index (χ3v) is 4.10. The number of rotatable bonds is 5. The summed E-state index contributed by atoms with van der Waals surface area (Å²) in [7, 11) is 0. The Morgan fingerprint density at radius 2 is 1.93 bits per heavy atom. The quantitative estimate of drug-likeness (QED) is 0.604. The molecule has 0 bridgehead atoms. The zero-order valence-electron chi connectivity index (χ0n) is 10.2. The third-order valence-electron chi connectivity index (χ3n) is 4.10. The van der Waals surface area contributed by atoms with Crippen molar-refractivity contribution in [1.82, 2.24) is 5.32 Å². The fourth-order valence-electron chi connectivity index (χ4n) is 2.76. The highest BCUT2D eigenvalue weighted by molar-refractivity contribution is 5.03. The van der Waals surface area contributed by atoms with E-state index < -0.39 is 0 Å². The molecule has 0 spiro atoms. The standard InChI is InChI=1S/C12H26N2O/c1-11(2)6-3-4-7-12(11,10-13)14-8-5-9-15/h14-15H,3-10,13H2,1-2H3. The maximum absolute atomic E-state index is 8.81. The van der Waals surface area contributed by atoms with Crippen LogP contribution in [-0.4, -0.2) is 30.3 Å². The van der Waals surface area contributed by atoms with Gasteiger partial charge >= 0.3 is 0 Å². The molecule has 0 heterocycles. The Balaban J connectivity index is 2.63. The predicted octanol–water partition coefficient (Wildman–Crippen LogP) is 1.26. The summed E-state index contributed by atoms with van der Waals surface area (Å²) in [6.45, 7) is 6.45. The second-order valence-electron chi connectivity index (χ2n) is 5.38. The van der Waals surface area contributed by atoms with Crippen molar-refractivity contribution in [2.45, 2.75) is 51.5 Å². The summed E-state index contributed by atoms with van der Waals surface area (Å²) in [5.41, 5.74) is 6.33. The Morgan fingerprint density at radius 3 is 2.47 bits per heavy atom. The predicted molar refractivity (Wildman–Crippen MR) is 63.7 cm³/mol. The molecule has 4 N–H and O–H groups in total. The van der Waals surface area contributed by atoms with E-state index in [0.29, 0.717) is 6.54 Å². The summed E-state index contributed by atoms with van der Waals surface area (Å²) in [5.74, 6) is 0. The van der Waals surface area contributed by atoms with E-state index in [9.17, 15) is 0 Å². The Bertz CT molecular complexity index is 194. The van der Waals surface area contributed by atoms with Gasteiger partial charge < -0.3 is 16.2 Å². The van der Waals surface area contributed by atoms with E-state index in [2.05, 4.69) is 19.2 Å². The van der Waals surface area contributed by atoms with Gasteiger partial charge in [-0.3, -0.25) is 0 Å². The Kier molecular flexibility index (Phi) is 4.56. The van der Waals surface area contributed by atoms with Gasteiger partial charge in [-0.25, -0.2) is 0 Å². The minimum atomic E-state index is 0.0837. The molecule has 0 amide bonds. The van der Waals surface area contributed by atoms with Crippen LogP contribution >= 0.6 is 0 Å². The van der Waals surface area contributed by atoms with Gasteiger partial charge in [-0.1, -0.05) is 26.7 Å². The van der Waals surface area contributed by atoms with Gasteiger partial charge in [0.25, 0.3) is 0 Å². The Hall–Kier alpha value is -0.120. The van der Waals surface area contributed by atoms with E-state index in [1.807, 2.05) is 0 Å². The largest absolute Gasteiger partial charge is 0.396 e. The zero-order valence-corrected chi connectivity index (χ0v) is 10.2. The smallest absolute Gasteiger partial charge is 0.0443 e. The molecule has 0 aliphatic heterocycles. The normalized spacial score (nSPS) is 30.4. The molecule has 90 valence electrons. The van der Waals surface area contributed by atoms with Gasteiger partial charge in [-0.05, 0) is 31.2 Å². The Labute approximate surface area is 93.4 Å². The van der Waals surface area contributed by atoms with Gasteiger partial charge in [0.2, 0.25) is 0 Å². The molecule has 0 saturated heterocycles. The summed E-state index contributed by atoms with van der Waals surface area (Å²) < 4.78 is 0. The fraction of sp³-hybridized carbons (Fsp3) is 1.00. The van der Waals surface area contributed by atoms with Gasteiger partial charge in [0.05, 0.1) is 0 Å². The summed E-state index contributed by atoms with van der Waals surface area (Å²) in [6.07, 6.45) is 5.82. The maximum Gasteiger partial charge on any atom is 0.0443 e. The molecule has 1 unspecified atom stereocenters. The van der Waals surface area contributed by atoms with Crippen molar-refractivity contribution in [3.8, 4) is 0 Å². The van der Waals surface area contributed by atoms with Gasteiger partial charge in [-0.2, -0.15) is 0 Å². The van der Waals surface area contributed by atoms with Crippen LogP contribution in [0, 0.1) is 5.41 Å². The molecule has 1 aliphatic rings. The molecule has 1 atom stereocenters. The number of hydrogen-bond acceptors (Lipinski definition) is 3. The number of aliphatic hydroxyl groups is 1. The molecule has 3 nitrogen and oxygen atoms in total. The average molecular weight is 214 g/mol. The van der Waals surface area contributed by atoms with Crippen LogP contribution < -0.4 is 11.1 Å². The molecule has 1 saturated carbocycles. The van der Waals surface area contributed by atoms with Crippen molar-refractivity contribution < 1.29 is 5.11 Å². The highest BCUT2D eigenvalue weighted by Gasteiger charge is 2.44. The van der Waals surface area contributed by atoms with E-state index in [4.69, 9.17) is 10.8 Å². The van der Waals surface area contributed by atoms with Crippen LogP contribution in [0.25, 0.3) is 0 Å². The van der Waals surface area contributed by atoms with Crippen LogP contribution in [0.4, 0.5) is 0 Å². The maximum atomic E-state index is 8.81. The van der Waals surface area contributed by atoms with Crippen molar-refractivity contribution in [3.05, 3.63) is 0 Å². The highest BCUT2D eigenvalue weighted by Crippen LogP contribution is 2.43. The van der Waals surface area contributed by atoms with Crippen LogP contribution in [-0.2, 0) is 0 Å². The lowest BCUT2D eigenvalue weighted by atomic mass is 9.63. The molecule has 0 aromatic carbocycles. The van der Waals surface area contributed by atoms with Crippen molar-refractivity contribution in [2.24, 2.45) is 11.1 Å². The van der Waals surface area contributed by atoms with Gasteiger partial charge in [-0.15, -0.1) is 0 Å². The SMILES string of the molecule is CC1(C)CCCCC1(CN)NCCCO. The minimum absolute atomic E-state index is 0.0837. The van der Waals surface area contributed by atoms with Gasteiger partial charge in [0.1, 0.15) is 0 Å². The fourth-order valence-corrected chi connectivity index (χ4v) is 2.76. The molecule has 1 aliphatic carbocycles. The molecular weight excluding hydrogens is 188 g/mol. The van der Waals surface area contributed by atoms with Gasteiger partial charge in [0, 0.05) is 18.7 Å². The summed E-state index contributed by atoms with van der Waals surface area (Å²) in [4.78, 5) is 0. The van der Waals surface area contributed by atoms with Crippen LogP contribution in [0.1, 0.15) is 46.0 Å². The lowest BCUT2D eigenvalue weighted by Crippen LogP contribution is -2.62. The average Bonchev–Trinajstić information content (AvgIpc) is 2.21. The lowest BCUT2D eigenvalue weighted by molar-refractivity contribution is 0.0676. The van der Waals surface area contributed by atoms with Crippen LogP contribution in [0.15, 0.2) is 0 Å². The molecule has 1 rings (SSSR count). The van der Waals surface area contributed by atoms with Crippen LogP contribution in [0.3, 0.4) is 0 Å². The molecular formula is C12H26N2O. The molecule has 0 aromatic rings. The molecule has 1 fully saturated rings. The second-order valence-corrected chi connectivity index (χ2v) is 5.38. The molecule has 0 radical (unpaired) electrons. The minimum Gasteiger partial charge on any atom is -0.396 e. The van der Waals surface area contributed by atoms with Crippen molar-refractivity contribution in [1.29, 1.82) is 0 Å².